The summed E-state index contributed by atoms with van der Waals surface area (Å²) in [4.78, 5) is 15.3. The van der Waals surface area contributed by atoms with E-state index < -0.39 is 0 Å². The highest BCUT2D eigenvalue weighted by molar-refractivity contribution is 6.13. The normalized spacial score (nSPS) is 11.8. The molecule has 9 aromatic carbocycles. The van der Waals surface area contributed by atoms with Gasteiger partial charge in [-0.25, -0.2) is 4.98 Å². The number of para-hydroxylation sites is 3. The Labute approximate surface area is 367 Å². The minimum absolute atomic E-state index is 0.567. The van der Waals surface area contributed by atoms with Crippen molar-refractivity contribution in [1.82, 2.24) is 28.7 Å². The molecule has 13 rings (SSSR count). The van der Waals surface area contributed by atoms with E-state index in [9.17, 15) is 0 Å². The van der Waals surface area contributed by atoms with Crippen LogP contribution in [-0.2, 0) is 0 Å². The van der Waals surface area contributed by atoms with Crippen LogP contribution in [0.2, 0.25) is 0 Å². The summed E-state index contributed by atoms with van der Waals surface area (Å²) in [6, 6.07) is 74.6. The van der Waals surface area contributed by atoms with Crippen molar-refractivity contribution in [3.05, 3.63) is 212 Å². The summed E-state index contributed by atoms with van der Waals surface area (Å²) < 4.78 is 6.90. The average Bonchev–Trinajstić information content (AvgIpc) is 3.99. The molecule has 0 aliphatic heterocycles. The molecule has 0 saturated carbocycles. The van der Waals surface area contributed by atoms with Gasteiger partial charge in [0.15, 0.2) is 11.6 Å². The number of nitrogens with zero attached hydrogens (tertiary/aromatic N) is 6. The zero-order chi connectivity index (χ0) is 42.3. The van der Waals surface area contributed by atoms with Gasteiger partial charge in [-0.05, 0) is 71.8 Å². The first-order valence-corrected chi connectivity index (χ1v) is 21.5. The fourth-order valence-corrected chi connectivity index (χ4v) is 9.71. The van der Waals surface area contributed by atoms with Crippen LogP contribution in [0.3, 0.4) is 0 Å². The number of benzene rings is 9. The second kappa shape index (κ2) is 14.1. The highest BCUT2D eigenvalue weighted by Gasteiger charge is 2.20. The Bertz CT molecular complexity index is 3840. The van der Waals surface area contributed by atoms with Crippen LogP contribution in [0.5, 0.6) is 0 Å². The molecule has 0 aliphatic rings. The van der Waals surface area contributed by atoms with E-state index >= 15 is 0 Å². The van der Waals surface area contributed by atoms with Crippen molar-refractivity contribution in [3.63, 3.8) is 0 Å². The third-order valence-corrected chi connectivity index (χ3v) is 12.6. The smallest absolute Gasteiger partial charge is 0.238 e. The molecule has 0 amide bonds. The molecule has 0 unspecified atom stereocenters. The van der Waals surface area contributed by atoms with Crippen molar-refractivity contribution < 1.29 is 0 Å². The minimum Gasteiger partial charge on any atom is -0.399 e. The Kier molecular flexibility index (Phi) is 7.92. The predicted octanol–water partition coefficient (Wildman–Crippen LogP) is 13.7. The number of hydrogen-bond acceptors (Lipinski definition) is 4. The van der Waals surface area contributed by atoms with Crippen LogP contribution in [0.4, 0.5) is 5.69 Å². The maximum absolute atomic E-state index is 6.50. The summed E-state index contributed by atoms with van der Waals surface area (Å²) in [5, 5.41) is 7.07. The molecule has 4 aromatic heterocycles. The first kappa shape index (κ1) is 35.9. The number of anilines is 1. The fraction of sp³-hybridized carbons (Fsp3) is 0. The van der Waals surface area contributed by atoms with Crippen LogP contribution in [-0.4, -0.2) is 28.7 Å². The van der Waals surface area contributed by atoms with Crippen molar-refractivity contribution in [3.8, 4) is 51.2 Å². The van der Waals surface area contributed by atoms with Gasteiger partial charge in [0.1, 0.15) is 0 Å². The van der Waals surface area contributed by atoms with Gasteiger partial charge >= 0.3 is 0 Å². The van der Waals surface area contributed by atoms with Crippen LogP contribution < -0.4 is 5.73 Å². The highest BCUT2D eigenvalue weighted by atomic mass is 15.2. The third-order valence-electron chi connectivity index (χ3n) is 12.6. The largest absolute Gasteiger partial charge is 0.399 e. The molecule has 0 spiro atoms. The van der Waals surface area contributed by atoms with Gasteiger partial charge in [0.25, 0.3) is 0 Å². The molecule has 2 N–H and O–H groups in total. The lowest BCUT2D eigenvalue weighted by atomic mass is 10.0. The average molecular weight is 820 g/mol. The lowest BCUT2D eigenvalue weighted by molar-refractivity contribution is 0.953. The Hall–Kier alpha value is -8.81. The molecule has 4 heterocycles. The van der Waals surface area contributed by atoms with Gasteiger partial charge in [-0.1, -0.05) is 152 Å². The Balaban J connectivity index is 0.965. The Morgan fingerprint density at radius 1 is 0.281 bits per heavy atom. The SMILES string of the molecule is Nc1ccc2c3ccc(-n4c5ccccc5c5ccccc54)cc3n(-c3ccc(-c4ccc5c6ccccc6n(-c6nc(-c7ccccc7)nc(-c7ccccc7)n6)c5c4)cc3)c2c1. The lowest BCUT2D eigenvalue weighted by Crippen LogP contribution is -2.06. The first-order chi connectivity index (χ1) is 31.6. The van der Waals surface area contributed by atoms with Gasteiger partial charge in [-0.3, -0.25) is 4.57 Å². The molecule has 0 bridgehead atoms. The van der Waals surface area contributed by atoms with E-state index in [0.717, 1.165) is 77.5 Å². The van der Waals surface area contributed by atoms with Crippen molar-refractivity contribution in [2.75, 3.05) is 5.73 Å². The van der Waals surface area contributed by atoms with E-state index in [0.29, 0.717) is 17.6 Å². The van der Waals surface area contributed by atoms with Gasteiger partial charge in [0, 0.05) is 60.5 Å². The van der Waals surface area contributed by atoms with Crippen molar-refractivity contribution in [2.24, 2.45) is 0 Å². The summed E-state index contributed by atoms with van der Waals surface area (Å²) >= 11 is 0. The Morgan fingerprint density at radius 2 is 0.703 bits per heavy atom. The van der Waals surface area contributed by atoms with Gasteiger partial charge in [-0.15, -0.1) is 0 Å². The third kappa shape index (κ3) is 5.58. The number of hydrogen-bond donors (Lipinski definition) is 1. The zero-order valence-electron chi connectivity index (χ0n) is 34.5. The molecule has 300 valence electrons. The van der Waals surface area contributed by atoms with E-state index in [4.69, 9.17) is 20.7 Å². The van der Waals surface area contributed by atoms with Crippen LogP contribution >= 0.6 is 0 Å². The monoisotopic (exact) mass is 819 g/mol. The van der Waals surface area contributed by atoms with Crippen LogP contribution in [0.1, 0.15) is 0 Å². The van der Waals surface area contributed by atoms with E-state index in [1.54, 1.807) is 0 Å². The number of fused-ring (bicyclic) bond motifs is 9. The molecule has 7 heteroatoms. The predicted molar refractivity (Wildman–Crippen MR) is 264 cm³/mol. The molecule has 0 aliphatic carbocycles. The van der Waals surface area contributed by atoms with E-state index in [1.165, 1.54) is 27.2 Å². The van der Waals surface area contributed by atoms with Gasteiger partial charge in [0.05, 0.1) is 33.1 Å². The summed E-state index contributed by atoms with van der Waals surface area (Å²) in [7, 11) is 0. The second-order valence-corrected chi connectivity index (χ2v) is 16.3. The molecule has 0 atom stereocenters. The molecule has 13 aromatic rings. The number of rotatable bonds is 6. The van der Waals surface area contributed by atoms with Crippen LogP contribution in [0, 0.1) is 0 Å². The number of aromatic nitrogens is 6. The van der Waals surface area contributed by atoms with E-state index in [-0.39, 0.29) is 0 Å². The standard InChI is InChI=1S/C57H37N7/c58-40-26-31-47-48-32-29-42(63-49-20-10-7-17-43(49)44-18-8-11-21-50(44)63)35-54(48)62(53(47)34-40)41-27-23-36(24-28-41)39-25-30-46-45-19-9-12-22-51(45)64(52(46)33-39)57-60-55(37-13-3-1-4-14-37)59-56(61-57)38-15-5-2-6-16-38/h1-35H,58H2. The summed E-state index contributed by atoms with van der Waals surface area (Å²) in [6.45, 7) is 0. The fourth-order valence-electron chi connectivity index (χ4n) is 9.71. The number of nitrogen functional groups attached to an aromatic ring is 1. The molecule has 64 heavy (non-hydrogen) atoms. The molecular formula is C57H37N7. The summed E-state index contributed by atoms with van der Waals surface area (Å²) in [6.07, 6.45) is 0. The van der Waals surface area contributed by atoms with Gasteiger partial charge in [0.2, 0.25) is 5.95 Å². The lowest BCUT2D eigenvalue weighted by Gasteiger charge is -2.13. The first-order valence-electron chi connectivity index (χ1n) is 21.5. The number of nitrogens with two attached hydrogens (primary N) is 1. The maximum atomic E-state index is 6.50. The topological polar surface area (TPSA) is 79.5 Å². The summed E-state index contributed by atoms with van der Waals surface area (Å²) in [5.41, 5.74) is 20.0. The molecule has 7 nitrogen and oxygen atoms in total. The minimum atomic E-state index is 0.567. The second-order valence-electron chi connectivity index (χ2n) is 16.3. The van der Waals surface area contributed by atoms with Crippen molar-refractivity contribution in [2.45, 2.75) is 0 Å². The highest BCUT2D eigenvalue weighted by Crippen LogP contribution is 2.39. The maximum Gasteiger partial charge on any atom is 0.238 e. The van der Waals surface area contributed by atoms with Crippen molar-refractivity contribution in [1.29, 1.82) is 0 Å². The molecule has 0 radical (unpaired) electrons. The zero-order valence-corrected chi connectivity index (χ0v) is 34.5. The molecular weight excluding hydrogens is 783 g/mol. The molecule has 0 fully saturated rings. The van der Waals surface area contributed by atoms with E-state index in [1.807, 2.05) is 66.7 Å². The van der Waals surface area contributed by atoms with E-state index in [2.05, 4.69) is 159 Å². The summed E-state index contributed by atoms with van der Waals surface area (Å²) in [5.74, 6) is 1.81. The van der Waals surface area contributed by atoms with Gasteiger partial charge < -0.3 is 14.9 Å². The quantitative estimate of drug-likeness (QED) is 0.169. The Morgan fingerprint density at radius 3 is 1.30 bits per heavy atom. The molecule has 0 saturated heterocycles. The van der Waals surface area contributed by atoms with Gasteiger partial charge in [-0.2, -0.15) is 9.97 Å². The van der Waals surface area contributed by atoms with Crippen molar-refractivity contribution >= 4 is 71.1 Å². The van der Waals surface area contributed by atoms with Crippen LogP contribution in [0.15, 0.2) is 212 Å². The van der Waals surface area contributed by atoms with Crippen LogP contribution in [0.25, 0.3) is 117 Å².